The van der Waals surface area contributed by atoms with Crippen molar-refractivity contribution in [3.8, 4) is 0 Å². The van der Waals surface area contributed by atoms with Crippen LogP contribution in [0.15, 0.2) is 23.1 Å². The van der Waals surface area contributed by atoms with Crippen molar-refractivity contribution in [3.63, 3.8) is 0 Å². The van der Waals surface area contributed by atoms with E-state index in [9.17, 15) is 21.6 Å². The average Bonchev–Trinajstić information content (AvgIpc) is 2.82. The summed E-state index contributed by atoms with van der Waals surface area (Å²) in [7, 11) is -5.14. The third-order valence-electron chi connectivity index (χ3n) is 6.16. The molecule has 1 aromatic rings. The zero-order chi connectivity index (χ0) is 21.8. The number of hydrogen-bond donors (Lipinski definition) is 0. The van der Waals surface area contributed by atoms with Crippen molar-refractivity contribution in [2.75, 3.05) is 13.1 Å². The maximum atomic E-state index is 13.5. The second kappa shape index (κ2) is 7.25. The minimum Gasteiger partial charge on any atom is -0.399 e. The average molecular weight is 433 g/mol. The molecule has 1 aromatic carbocycles. The molecule has 0 N–H and O–H groups in total. The predicted octanol–water partition coefficient (Wildman–Crippen LogP) is 3.43. The zero-order valence-corrected chi connectivity index (χ0v) is 18.2. The topological polar surface area (TPSA) is 55.8 Å². The molecule has 29 heavy (non-hydrogen) atoms. The van der Waals surface area contributed by atoms with E-state index in [1.165, 1.54) is 10.4 Å². The fourth-order valence-electron chi connectivity index (χ4n) is 3.42. The summed E-state index contributed by atoms with van der Waals surface area (Å²) in [5, 5.41) is 0. The molecule has 162 valence electrons. The molecule has 0 unspecified atom stereocenters. The molecule has 2 heterocycles. The summed E-state index contributed by atoms with van der Waals surface area (Å²) in [6.45, 7) is 9.77. The highest BCUT2D eigenvalue weighted by molar-refractivity contribution is 7.89. The van der Waals surface area contributed by atoms with Crippen molar-refractivity contribution in [1.29, 1.82) is 0 Å². The Balaban J connectivity index is 2.04. The van der Waals surface area contributed by atoms with Crippen LogP contribution in [0.2, 0.25) is 0 Å². The Labute approximate surface area is 170 Å². The minimum absolute atomic E-state index is 0.0439. The van der Waals surface area contributed by atoms with E-state index in [-0.39, 0.29) is 10.4 Å². The summed E-state index contributed by atoms with van der Waals surface area (Å²) >= 11 is 0. The first-order chi connectivity index (χ1) is 13.1. The number of alkyl halides is 3. The lowest BCUT2D eigenvalue weighted by Crippen LogP contribution is -2.41. The highest BCUT2D eigenvalue weighted by Gasteiger charge is 2.52. The molecule has 0 bridgehead atoms. The Hall–Kier alpha value is -1.10. The summed E-state index contributed by atoms with van der Waals surface area (Å²) in [6.07, 6.45) is -3.33. The normalized spacial score (nSPS) is 23.5. The van der Waals surface area contributed by atoms with E-state index in [2.05, 4.69) is 0 Å². The molecule has 2 aliphatic heterocycles. The molecule has 0 spiro atoms. The number of piperidine rings is 1. The van der Waals surface area contributed by atoms with Crippen LogP contribution in [0.5, 0.6) is 0 Å². The quantitative estimate of drug-likeness (QED) is 0.686. The molecule has 5 nitrogen and oxygen atoms in total. The van der Waals surface area contributed by atoms with Gasteiger partial charge in [-0.3, -0.25) is 0 Å². The Morgan fingerprint density at radius 2 is 1.55 bits per heavy atom. The van der Waals surface area contributed by atoms with Crippen LogP contribution in [0, 0.1) is 5.92 Å². The minimum atomic E-state index is -4.69. The number of sulfonamides is 1. The van der Waals surface area contributed by atoms with Crippen molar-refractivity contribution >= 4 is 22.6 Å². The molecular weight excluding hydrogens is 406 g/mol. The van der Waals surface area contributed by atoms with Gasteiger partial charge in [0.1, 0.15) is 0 Å². The van der Waals surface area contributed by atoms with Crippen LogP contribution in [-0.2, 0) is 25.5 Å². The van der Waals surface area contributed by atoms with E-state index >= 15 is 0 Å². The molecular formula is C19H27BF3NO4S. The highest BCUT2D eigenvalue weighted by atomic mass is 32.2. The Morgan fingerprint density at radius 3 is 2.03 bits per heavy atom. The smallest absolute Gasteiger partial charge is 0.399 e. The van der Waals surface area contributed by atoms with Crippen LogP contribution >= 0.6 is 0 Å². The SMILES string of the molecule is CC1CCN(S(=O)(=O)c2cc(B3OC(C)(C)C(C)(C)O3)cc(C(F)(F)F)c2)CC1. The summed E-state index contributed by atoms with van der Waals surface area (Å²) in [5.41, 5.74) is -2.50. The number of halogens is 3. The van der Waals surface area contributed by atoms with E-state index in [0.717, 1.165) is 6.07 Å². The Bertz CT molecular complexity index is 862. The van der Waals surface area contributed by atoms with Gasteiger partial charge >= 0.3 is 13.3 Å². The molecule has 0 amide bonds. The Morgan fingerprint density at radius 1 is 1.03 bits per heavy atom. The van der Waals surface area contributed by atoms with E-state index in [4.69, 9.17) is 9.31 Å². The van der Waals surface area contributed by atoms with Crippen molar-refractivity contribution in [1.82, 2.24) is 4.31 Å². The molecule has 3 rings (SSSR count). The van der Waals surface area contributed by atoms with Crippen molar-refractivity contribution in [2.24, 2.45) is 5.92 Å². The van der Waals surface area contributed by atoms with Gasteiger partial charge in [0.05, 0.1) is 21.7 Å². The Kier molecular flexibility index (Phi) is 5.65. The van der Waals surface area contributed by atoms with Crippen LogP contribution in [-0.4, -0.2) is 44.1 Å². The maximum absolute atomic E-state index is 13.5. The summed E-state index contributed by atoms with van der Waals surface area (Å²) in [5.74, 6) is 0.392. The second-order valence-corrected chi connectivity index (χ2v) is 10.9. The first-order valence-corrected chi connectivity index (χ1v) is 11.2. The van der Waals surface area contributed by atoms with Gasteiger partial charge in [0.15, 0.2) is 0 Å². The van der Waals surface area contributed by atoms with E-state index in [1.807, 2.05) is 6.92 Å². The molecule has 10 heteroatoms. The molecule has 2 aliphatic rings. The number of rotatable bonds is 3. The van der Waals surface area contributed by atoms with Crippen LogP contribution in [0.3, 0.4) is 0 Å². The number of hydrogen-bond acceptors (Lipinski definition) is 4. The third-order valence-corrected chi connectivity index (χ3v) is 8.04. The highest BCUT2D eigenvalue weighted by Crippen LogP contribution is 2.38. The van der Waals surface area contributed by atoms with Crippen LogP contribution in [0.1, 0.15) is 53.0 Å². The van der Waals surface area contributed by atoms with Crippen molar-refractivity contribution in [3.05, 3.63) is 23.8 Å². The number of benzene rings is 1. The van der Waals surface area contributed by atoms with E-state index < -0.39 is 40.1 Å². The first-order valence-electron chi connectivity index (χ1n) is 9.71. The van der Waals surface area contributed by atoms with Gasteiger partial charge in [0.25, 0.3) is 0 Å². The van der Waals surface area contributed by atoms with Crippen molar-refractivity contribution < 1.29 is 30.9 Å². The first kappa shape index (κ1) is 22.6. The predicted molar refractivity (Wildman–Crippen MR) is 104 cm³/mol. The standard InChI is InChI=1S/C19H27BF3NO4S/c1-13-6-8-24(9-7-13)29(25,26)16-11-14(19(21,22)23)10-15(12-16)20-27-17(2,3)18(4,5)28-20/h10-13H,6-9H2,1-5H3. The maximum Gasteiger partial charge on any atom is 0.494 e. The van der Waals surface area contributed by atoms with Crippen LogP contribution in [0.4, 0.5) is 13.2 Å². The van der Waals surface area contributed by atoms with Gasteiger partial charge in [0.2, 0.25) is 10.0 Å². The monoisotopic (exact) mass is 433 g/mol. The van der Waals surface area contributed by atoms with Gasteiger partial charge < -0.3 is 9.31 Å². The molecule has 0 saturated carbocycles. The van der Waals surface area contributed by atoms with E-state index in [1.54, 1.807) is 27.7 Å². The fraction of sp³-hybridized carbons (Fsp3) is 0.684. The number of nitrogens with zero attached hydrogens (tertiary/aromatic N) is 1. The van der Waals surface area contributed by atoms with Gasteiger partial charge in [-0.15, -0.1) is 0 Å². The lowest BCUT2D eigenvalue weighted by atomic mass is 9.78. The van der Waals surface area contributed by atoms with Crippen LogP contribution in [0.25, 0.3) is 0 Å². The van der Waals surface area contributed by atoms with Crippen molar-refractivity contribution in [2.45, 2.75) is 69.7 Å². The summed E-state index contributed by atoms with van der Waals surface area (Å²) < 4.78 is 79.7. The molecule has 0 aromatic heterocycles. The van der Waals surface area contributed by atoms with Gasteiger partial charge in [-0.05, 0) is 64.1 Å². The largest absolute Gasteiger partial charge is 0.494 e. The molecule has 0 radical (unpaired) electrons. The van der Waals surface area contributed by atoms with Crippen LogP contribution < -0.4 is 5.46 Å². The van der Waals surface area contributed by atoms with Gasteiger partial charge in [-0.1, -0.05) is 13.0 Å². The zero-order valence-electron chi connectivity index (χ0n) is 17.3. The van der Waals surface area contributed by atoms with Gasteiger partial charge in [-0.25, -0.2) is 8.42 Å². The second-order valence-electron chi connectivity index (χ2n) is 8.96. The third kappa shape index (κ3) is 4.35. The molecule has 0 aliphatic carbocycles. The fourth-order valence-corrected chi connectivity index (χ4v) is 4.97. The molecule has 2 fully saturated rings. The molecule has 0 atom stereocenters. The lowest BCUT2D eigenvalue weighted by Gasteiger charge is -2.32. The van der Waals surface area contributed by atoms with Gasteiger partial charge in [0, 0.05) is 13.1 Å². The van der Waals surface area contributed by atoms with Gasteiger partial charge in [-0.2, -0.15) is 17.5 Å². The molecule has 2 saturated heterocycles. The summed E-state index contributed by atoms with van der Waals surface area (Å²) in [4.78, 5) is -0.383. The van der Waals surface area contributed by atoms with E-state index in [0.29, 0.717) is 37.9 Å². The lowest BCUT2D eigenvalue weighted by molar-refractivity contribution is -0.137. The summed E-state index contributed by atoms with van der Waals surface area (Å²) in [6, 6.07) is 2.84.